The number of aliphatic hydroxyl groups is 2. The highest BCUT2D eigenvalue weighted by Gasteiger charge is 2.25. The van der Waals surface area contributed by atoms with Gasteiger partial charge in [-0.3, -0.25) is 0 Å². The van der Waals surface area contributed by atoms with E-state index < -0.39 is 0 Å². The van der Waals surface area contributed by atoms with Gasteiger partial charge in [0, 0.05) is 5.41 Å². The number of hydrogen-bond donors (Lipinski definition) is 2. The third-order valence-corrected chi connectivity index (χ3v) is 2.03. The molecule has 0 atom stereocenters. The van der Waals surface area contributed by atoms with Gasteiger partial charge in [-0.2, -0.15) is 0 Å². The predicted octanol–water partition coefficient (Wildman–Crippen LogP) is 1.33. The molecule has 0 aliphatic rings. The Bertz CT molecular complexity index is 106. The summed E-state index contributed by atoms with van der Waals surface area (Å²) in [6.07, 6.45) is 4.27. The number of hydrogen-bond acceptors (Lipinski definition) is 2. The van der Waals surface area contributed by atoms with Crippen molar-refractivity contribution in [1.29, 1.82) is 0 Å². The van der Waals surface area contributed by atoms with Gasteiger partial charge < -0.3 is 10.2 Å². The van der Waals surface area contributed by atoms with Crippen molar-refractivity contribution in [3.8, 4) is 0 Å². The van der Waals surface area contributed by atoms with Crippen LogP contribution in [0.1, 0.15) is 26.2 Å². The molecule has 0 heterocycles. The average Bonchev–Trinajstić information content (AvgIpc) is 2.04. The van der Waals surface area contributed by atoms with Crippen LogP contribution in [0.2, 0.25) is 0 Å². The quantitative estimate of drug-likeness (QED) is 0.572. The fraction of sp³-hybridized carbons (Fsp3) is 0.778. The molecule has 0 amide bonds. The Hall–Kier alpha value is -0.340. The van der Waals surface area contributed by atoms with Crippen LogP contribution in [0.4, 0.5) is 0 Å². The lowest BCUT2D eigenvalue weighted by atomic mass is 9.82. The van der Waals surface area contributed by atoms with E-state index in [1.54, 1.807) is 6.08 Å². The topological polar surface area (TPSA) is 40.5 Å². The molecule has 0 unspecified atom stereocenters. The first-order valence-electron chi connectivity index (χ1n) is 4.07. The Morgan fingerprint density at radius 3 is 2.18 bits per heavy atom. The van der Waals surface area contributed by atoms with Gasteiger partial charge in [0.1, 0.15) is 0 Å². The molecule has 2 N–H and O–H groups in total. The Labute approximate surface area is 68.6 Å². The van der Waals surface area contributed by atoms with Crippen molar-refractivity contribution in [2.75, 3.05) is 13.2 Å². The fourth-order valence-electron chi connectivity index (χ4n) is 1.28. The molecule has 0 spiro atoms. The summed E-state index contributed by atoms with van der Waals surface area (Å²) in [5.41, 5.74) is -0.323. The van der Waals surface area contributed by atoms with Crippen molar-refractivity contribution >= 4 is 0 Å². The zero-order valence-electron chi connectivity index (χ0n) is 7.21. The van der Waals surface area contributed by atoms with Gasteiger partial charge >= 0.3 is 0 Å². The second kappa shape index (κ2) is 5.33. The van der Waals surface area contributed by atoms with Gasteiger partial charge in [-0.1, -0.05) is 19.4 Å². The predicted molar refractivity (Wildman–Crippen MR) is 46.3 cm³/mol. The lowest BCUT2D eigenvalue weighted by Gasteiger charge is -2.27. The van der Waals surface area contributed by atoms with Gasteiger partial charge in [0.15, 0.2) is 0 Å². The van der Waals surface area contributed by atoms with E-state index in [4.69, 9.17) is 10.2 Å². The van der Waals surface area contributed by atoms with Gasteiger partial charge in [0.25, 0.3) is 0 Å². The summed E-state index contributed by atoms with van der Waals surface area (Å²) in [5.74, 6) is 0. The van der Waals surface area contributed by atoms with E-state index in [-0.39, 0.29) is 18.6 Å². The normalized spacial score (nSPS) is 11.5. The summed E-state index contributed by atoms with van der Waals surface area (Å²) in [7, 11) is 0. The molecular formula is C9H18O2. The Balaban J connectivity index is 4.06. The van der Waals surface area contributed by atoms with E-state index in [1.807, 2.05) is 6.92 Å². The van der Waals surface area contributed by atoms with Gasteiger partial charge in [0.05, 0.1) is 13.2 Å². The van der Waals surface area contributed by atoms with Crippen LogP contribution in [0.5, 0.6) is 0 Å². The molecule has 2 nitrogen and oxygen atoms in total. The molecule has 0 fully saturated rings. The second-order valence-electron chi connectivity index (χ2n) is 3.06. The van der Waals surface area contributed by atoms with Crippen molar-refractivity contribution in [3.05, 3.63) is 12.7 Å². The highest BCUT2D eigenvalue weighted by atomic mass is 16.3. The summed E-state index contributed by atoms with van der Waals surface area (Å²) in [6, 6.07) is 0. The molecule has 0 aromatic carbocycles. The summed E-state index contributed by atoms with van der Waals surface area (Å²) in [5, 5.41) is 18.1. The first kappa shape index (κ1) is 10.7. The third kappa shape index (κ3) is 3.04. The standard InChI is InChI=1S/C9H18O2/c1-3-5-9(7-10,8-11)6-4-2/h3,10-11H,1,4-8H2,2H3. The Morgan fingerprint density at radius 2 is 1.91 bits per heavy atom. The molecular weight excluding hydrogens is 140 g/mol. The first-order valence-corrected chi connectivity index (χ1v) is 4.07. The zero-order chi connectivity index (χ0) is 8.74. The van der Waals surface area contributed by atoms with Gasteiger partial charge in [-0.15, -0.1) is 6.58 Å². The van der Waals surface area contributed by atoms with Crippen LogP contribution in [0.3, 0.4) is 0 Å². The first-order chi connectivity index (χ1) is 5.24. The summed E-state index contributed by atoms with van der Waals surface area (Å²) in [4.78, 5) is 0. The van der Waals surface area contributed by atoms with Crippen LogP contribution >= 0.6 is 0 Å². The molecule has 11 heavy (non-hydrogen) atoms. The van der Waals surface area contributed by atoms with Crippen molar-refractivity contribution in [1.82, 2.24) is 0 Å². The largest absolute Gasteiger partial charge is 0.396 e. The molecule has 0 aliphatic carbocycles. The van der Waals surface area contributed by atoms with Crippen LogP contribution in [-0.2, 0) is 0 Å². The minimum absolute atomic E-state index is 0.0450. The maximum Gasteiger partial charge on any atom is 0.0512 e. The number of allylic oxidation sites excluding steroid dienone is 1. The van der Waals surface area contributed by atoms with E-state index in [2.05, 4.69) is 6.58 Å². The Morgan fingerprint density at radius 1 is 1.36 bits per heavy atom. The van der Waals surface area contributed by atoms with E-state index in [1.165, 1.54) is 0 Å². The SMILES string of the molecule is C=CCC(CO)(CO)CCC. The van der Waals surface area contributed by atoms with Crippen LogP contribution in [-0.4, -0.2) is 23.4 Å². The minimum Gasteiger partial charge on any atom is -0.396 e. The summed E-state index contributed by atoms with van der Waals surface area (Å²) in [6.45, 7) is 5.74. The lowest BCUT2D eigenvalue weighted by Crippen LogP contribution is -2.28. The summed E-state index contributed by atoms with van der Waals surface area (Å²) >= 11 is 0. The molecule has 0 aliphatic heterocycles. The zero-order valence-corrected chi connectivity index (χ0v) is 7.21. The monoisotopic (exact) mass is 158 g/mol. The highest BCUT2D eigenvalue weighted by Crippen LogP contribution is 2.27. The number of rotatable bonds is 6. The van der Waals surface area contributed by atoms with E-state index in [9.17, 15) is 0 Å². The number of aliphatic hydroxyl groups excluding tert-OH is 2. The van der Waals surface area contributed by atoms with E-state index in [0.717, 1.165) is 12.8 Å². The second-order valence-corrected chi connectivity index (χ2v) is 3.06. The van der Waals surface area contributed by atoms with Crippen LogP contribution in [0, 0.1) is 5.41 Å². The summed E-state index contributed by atoms with van der Waals surface area (Å²) < 4.78 is 0. The smallest absolute Gasteiger partial charge is 0.0512 e. The molecule has 66 valence electrons. The average molecular weight is 158 g/mol. The molecule has 0 saturated carbocycles. The fourth-order valence-corrected chi connectivity index (χ4v) is 1.28. The molecule has 2 heteroatoms. The van der Waals surface area contributed by atoms with Gasteiger partial charge in [-0.05, 0) is 12.8 Å². The highest BCUT2D eigenvalue weighted by molar-refractivity contribution is 4.85. The van der Waals surface area contributed by atoms with Gasteiger partial charge in [-0.25, -0.2) is 0 Å². The van der Waals surface area contributed by atoms with E-state index >= 15 is 0 Å². The van der Waals surface area contributed by atoms with Crippen molar-refractivity contribution in [2.24, 2.45) is 5.41 Å². The minimum atomic E-state index is -0.323. The maximum absolute atomic E-state index is 9.03. The van der Waals surface area contributed by atoms with Crippen molar-refractivity contribution in [2.45, 2.75) is 26.2 Å². The molecule has 0 bridgehead atoms. The third-order valence-electron chi connectivity index (χ3n) is 2.03. The van der Waals surface area contributed by atoms with Crippen molar-refractivity contribution in [3.63, 3.8) is 0 Å². The van der Waals surface area contributed by atoms with Crippen LogP contribution in [0.15, 0.2) is 12.7 Å². The molecule has 0 aromatic heterocycles. The van der Waals surface area contributed by atoms with Crippen LogP contribution < -0.4 is 0 Å². The molecule has 0 saturated heterocycles. The molecule has 0 radical (unpaired) electrons. The lowest BCUT2D eigenvalue weighted by molar-refractivity contribution is 0.0489. The Kier molecular flexibility index (Phi) is 5.16. The van der Waals surface area contributed by atoms with Crippen molar-refractivity contribution < 1.29 is 10.2 Å². The molecule has 0 aromatic rings. The maximum atomic E-state index is 9.03. The van der Waals surface area contributed by atoms with Gasteiger partial charge in [0.2, 0.25) is 0 Å². The molecule has 0 rings (SSSR count). The van der Waals surface area contributed by atoms with Crippen LogP contribution in [0.25, 0.3) is 0 Å². The van der Waals surface area contributed by atoms with E-state index in [0.29, 0.717) is 6.42 Å².